The highest BCUT2D eigenvalue weighted by molar-refractivity contribution is 9.10. The van der Waals surface area contributed by atoms with E-state index in [1.165, 1.54) is 3.97 Å². The summed E-state index contributed by atoms with van der Waals surface area (Å²) < 4.78 is 28.1. The number of aromatic amines is 1. The Balaban J connectivity index is 1.75. The Morgan fingerprint density at radius 2 is 2.00 bits per heavy atom. The van der Waals surface area contributed by atoms with Crippen LogP contribution in [0.5, 0.6) is 0 Å². The number of fused-ring (bicyclic) bond motifs is 1. The van der Waals surface area contributed by atoms with E-state index in [2.05, 4.69) is 27.5 Å². The smallest absolute Gasteiger partial charge is 0.252 e. The molecule has 1 aliphatic carbocycles. The molecule has 2 aromatic heterocycles. The minimum absolute atomic E-state index is 0.0647. The van der Waals surface area contributed by atoms with Gasteiger partial charge in [-0.15, -0.1) is 6.58 Å². The molecule has 0 amide bonds. The van der Waals surface area contributed by atoms with Crippen molar-refractivity contribution >= 4 is 54.2 Å². The molecule has 1 fully saturated rings. The average molecular weight is 552 g/mol. The van der Waals surface area contributed by atoms with Crippen LogP contribution >= 0.6 is 27.5 Å². The van der Waals surface area contributed by atoms with Crippen LogP contribution in [-0.4, -0.2) is 27.9 Å². The highest BCUT2D eigenvalue weighted by Crippen LogP contribution is 2.48. The minimum atomic E-state index is -3.67. The first-order valence-electron chi connectivity index (χ1n) is 10.6. The van der Waals surface area contributed by atoms with Crippen molar-refractivity contribution in [3.8, 4) is 0 Å². The van der Waals surface area contributed by atoms with Crippen LogP contribution in [-0.2, 0) is 16.4 Å². The predicted molar refractivity (Wildman–Crippen MR) is 135 cm³/mol. The molecule has 4 rings (SSSR count). The molecule has 33 heavy (non-hydrogen) atoms. The largest absolute Gasteiger partial charge is 0.326 e. The number of aromatic nitrogens is 2. The zero-order chi connectivity index (χ0) is 24.1. The van der Waals surface area contributed by atoms with Gasteiger partial charge >= 0.3 is 0 Å². The fourth-order valence-electron chi connectivity index (χ4n) is 4.37. The molecular weight excluding hydrogens is 528 g/mol. The molecule has 6 nitrogen and oxygen atoms in total. The Morgan fingerprint density at radius 3 is 2.61 bits per heavy atom. The van der Waals surface area contributed by atoms with Crippen molar-refractivity contribution < 1.29 is 13.2 Å². The molecule has 174 valence electrons. The number of Topliss-reactive ketones (excluding diaryl/α,β-unsaturated/α-hetero) is 1. The number of pyridine rings is 1. The van der Waals surface area contributed by atoms with Crippen molar-refractivity contribution in [2.24, 2.45) is 0 Å². The summed E-state index contributed by atoms with van der Waals surface area (Å²) >= 11 is 9.65. The summed E-state index contributed by atoms with van der Waals surface area (Å²) in [5.41, 5.74) is 2.28. The van der Waals surface area contributed by atoms with E-state index in [9.17, 15) is 18.0 Å². The Bertz CT molecular complexity index is 1470. The first-order valence-corrected chi connectivity index (χ1v) is 13.2. The molecule has 0 unspecified atom stereocenters. The third-order valence-corrected chi connectivity index (χ3v) is 9.56. The Hall–Kier alpha value is -2.16. The molecule has 0 spiro atoms. The maximum absolute atomic E-state index is 13.5. The number of nitrogens with zero attached hydrogens (tertiary/aromatic N) is 1. The second-order valence-corrected chi connectivity index (χ2v) is 12.2. The third-order valence-electron chi connectivity index (χ3n) is 6.27. The number of H-pyrrole nitrogens is 1. The van der Waals surface area contributed by atoms with Gasteiger partial charge in [0.25, 0.3) is 5.56 Å². The molecule has 1 aliphatic rings. The Kier molecular flexibility index (Phi) is 6.22. The third kappa shape index (κ3) is 4.13. The Labute approximate surface area is 205 Å². The van der Waals surface area contributed by atoms with Gasteiger partial charge in [0.15, 0.2) is 5.78 Å². The highest BCUT2D eigenvalue weighted by Gasteiger charge is 2.54. The van der Waals surface area contributed by atoms with E-state index >= 15 is 0 Å². The molecule has 9 heteroatoms. The summed E-state index contributed by atoms with van der Waals surface area (Å²) in [5.74, 6) is -0.192. The molecule has 0 radical (unpaired) electrons. The van der Waals surface area contributed by atoms with E-state index in [0.717, 1.165) is 0 Å². The number of allylic oxidation sites excluding steroid dienone is 1. The standard InChI is InChI=1S/C24H24BrClN2O4S/c1-4-7-24(8-9-24)33(31,32)28-13-14(2)22-18(11-16(25)12-20(22)28)21(29)6-5-17-19(26)10-15(3)27-23(17)30/h4,10-13H,1,5-9H2,2-3H3,(H,27,30). The van der Waals surface area contributed by atoms with Crippen LogP contribution in [0.3, 0.4) is 0 Å². The van der Waals surface area contributed by atoms with Gasteiger partial charge in [-0.3, -0.25) is 9.59 Å². The van der Waals surface area contributed by atoms with E-state index in [-0.39, 0.29) is 24.2 Å². The van der Waals surface area contributed by atoms with Crippen molar-refractivity contribution in [1.82, 2.24) is 8.96 Å². The number of hydrogen-bond donors (Lipinski definition) is 1. The van der Waals surface area contributed by atoms with Crippen LogP contribution in [0.15, 0.2) is 46.3 Å². The summed E-state index contributed by atoms with van der Waals surface area (Å²) in [6, 6.07) is 5.08. The van der Waals surface area contributed by atoms with Crippen molar-refractivity contribution in [1.29, 1.82) is 0 Å². The van der Waals surface area contributed by atoms with Gasteiger partial charge in [-0.25, -0.2) is 12.4 Å². The molecule has 0 bridgehead atoms. The summed E-state index contributed by atoms with van der Waals surface area (Å²) in [4.78, 5) is 28.2. The SMILES string of the molecule is C=CCC1(S(=O)(=O)n2cc(C)c3c(C(=O)CCc4c(Cl)cc(C)[nH]c4=O)cc(Br)cc32)CC1. The lowest BCUT2D eigenvalue weighted by Gasteiger charge is -2.16. The first-order chi connectivity index (χ1) is 15.5. The molecule has 2 heterocycles. The second kappa shape index (κ2) is 8.56. The van der Waals surface area contributed by atoms with Crippen LogP contribution in [0.25, 0.3) is 10.9 Å². The molecule has 0 atom stereocenters. The normalized spacial score (nSPS) is 15.0. The minimum Gasteiger partial charge on any atom is -0.326 e. The van der Waals surface area contributed by atoms with Gasteiger partial charge in [0.1, 0.15) is 0 Å². The van der Waals surface area contributed by atoms with Gasteiger partial charge in [0.2, 0.25) is 10.0 Å². The monoisotopic (exact) mass is 550 g/mol. The van der Waals surface area contributed by atoms with Gasteiger partial charge in [-0.05, 0) is 63.3 Å². The van der Waals surface area contributed by atoms with Crippen molar-refractivity contribution in [3.63, 3.8) is 0 Å². The van der Waals surface area contributed by atoms with Gasteiger partial charge in [-0.1, -0.05) is 33.6 Å². The van der Waals surface area contributed by atoms with E-state index in [4.69, 9.17) is 11.6 Å². The van der Waals surface area contributed by atoms with Gasteiger partial charge in [0, 0.05) is 39.3 Å². The summed E-state index contributed by atoms with van der Waals surface area (Å²) in [6.07, 6.45) is 5.05. The lowest BCUT2D eigenvalue weighted by molar-refractivity contribution is 0.0984. The number of hydrogen-bond acceptors (Lipinski definition) is 4. The molecule has 1 saturated carbocycles. The molecule has 0 aliphatic heterocycles. The zero-order valence-corrected chi connectivity index (χ0v) is 21.5. The zero-order valence-electron chi connectivity index (χ0n) is 18.4. The summed E-state index contributed by atoms with van der Waals surface area (Å²) in [6.45, 7) is 7.25. The molecule has 0 saturated heterocycles. The number of ketones is 1. The number of benzene rings is 1. The van der Waals surface area contributed by atoms with E-state index < -0.39 is 14.8 Å². The van der Waals surface area contributed by atoms with Crippen LogP contribution in [0.4, 0.5) is 0 Å². The molecule has 1 N–H and O–H groups in total. The summed E-state index contributed by atoms with van der Waals surface area (Å²) in [7, 11) is -3.67. The first kappa shape index (κ1) is 24.0. The fraction of sp³-hybridized carbons (Fsp3) is 0.333. The number of carbonyl (C=O) groups excluding carboxylic acids is 1. The predicted octanol–water partition coefficient (Wildman–Crippen LogP) is 5.46. The van der Waals surface area contributed by atoms with Gasteiger partial charge in [0.05, 0.1) is 15.3 Å². The number of aryl methyl sites for hydroxylation is 2. The van der Waals surface area contributed by atoms with Crippen LogP contribution in [0, 0.1) is 13.8 Å². The Morgan fingerprint density at radius 1 is 1.30 bits per heavy atom. The maximum atomic E-state index is 13.5. The number of rotatable bonds is 8. The second-order valence-electron chi connectivity index (χ2n) is 8.67. The average Bonchev–Trinajstić information content (AvgIpc) is 3.44. The molecule has 1 aromatic carbocycles. The lowest BCUT2D eigenvalue weighted by atomic mass is 9.99. The van der Waals surface area contributed by atoms with Crippen molar-refractivity contribution in [3.05, 3.63) is 79.3 Å². The fourth-order valence-corrected chi connectivity index (χ4v) is 7.22. The topological polar surface area (TPSA) is 89.0 Å². The number of halogens is 2. The molecular formula is C24H24BrClN2O4S. The van der Waals surface area contributed by atoms with Crippen LogP contribution < -0.4 is 5.56 Å². The van der Waals surface area contributed by atoms with Gasteiger partial charge in [-0.2, -0.15) is 0 Å². The van der Waals surface area contributed by atoms with E-state index in [1.807, 2.05) is 0 Å². The highest BCUT2D eigenvalue weighted by atomic mass is 79.9. The lowest BCUT2D eigenvalue weighted by Crippen LogP contribution is -2.28. The van der Waals surface area contributed by atoms with Crippen LogP contribution in [0.1, 0.15) is 52.9 Å². The number of nitrogens with one attached hydrogen (secondary N) is 1. The summed E-state index contributed by atoms with van der Waals surface area (Å²) in [5, 5.41) is 0.930. The maximum Gasteiger partial charge on any atom is 0.252 e. The van der Waals surface area contributed by atoms with Crippen molar-refractivity contribution in [2.45, 2.75) is 50.7 Å². The van der Waals surface area contributed by atoms with Crippen LogP contribution in [0.2, 0.25) is 5.02 Å². The number of carbonyl (C=O) groups is 1. The quantitative estimate of drug-likeness (QED) is 0.297. The van der Waals surface area contributed by atoms with Crippen molar-refractivity contribution in [2.75, 3.05) is 0 Å². The van der Waals surface area contributed by atoms with E-state index in [1.54, 1.807) is 44.3 Å². The van der Waals surface area contributed by atoms with E-state index in [0.29, 0.717) is 62.0 Å². The van der Waals surface area contributed by atoms with Gasteiger partial charge < -0.3 is 4.98 Å². The molecule has 3 aromatic rings.